The Morgan fingerprint density at radius 2 is 1.64 bits per heavy atom. The smallest absolute Gasteiger partial charge is 0.278 e. The van der Waals surface area contributed by atoms with Crippen LogP contribution >= 0.6 is 34.0 Å². The van der Waals surface area contributed by atoms with Gasteiger partial charge in [0.25, 0.3) is 5.56 Å². The summed E-state index contributed by atoms with van der Waals surface area (Å²) in [5.74, 6) is 0.943. The maximum Gasteiger partial charge on any atom is 0.278 e. The summed E-state index contributed by atoms with van der Waals surface area (Å²) >= 11 is 5.22. The monoisotopic (exact) mass is 527 g/mol. The van der Waals surface area contributed by atoms with Crippen molar-refractivity contribution in [1.29, 1.82) is 0 Å². The summed E-state index contributed by atoms with van der Waals surface area (Å²) < 4.78 is 6.66. The number of benzene rings is 2. The van der Waals surface area contributed by atoms with Crippen LogP contribution in [0.1, 0.15) is 11.3 Å². The molecule has 2 aliphatic heterocycles. The molecule has 0 unspecified atom stereocenters. The van der Waals surface area contributed by atoms with E-state index in [9.17, 15) is 15.0 Å². The van der Waals surface area contributed by atoms with Crippen LogP contribution in [0.25, 0.3) is 46.4 Å². The zero-order valence-corrected chi connectivity index (χ0v) is 21.0. The molecule has 2 aromatic carbocycles. The van der Waals surface area contributed by atoms with Crippen LogP contribution in [0.15, 0.2) is 77.0 Å². The Kier molecular flexibility index (Phi) is 4.78. The van der Waals surface area contributed by atoms with Crippen molar-refractivity contribution in [2.45, 2.75) is 6.42 Å². The number of rotatable bonds is 4. The van der Waals surface area contributed by atoms with Gasteiger partial charge < -0.3 is 15.2 Å². The first-order chi connectivity index (χ1) is 17.5. The lowest BCUT2D eigenvalue weighted by Gasteiger charge is -2.12. The maximum absolute atomic E-state index is 13.5. The predicted octanol–water partition coefficient (Wildman–Crippen LogP) is 6.83. The number of nitrogens with one attached hydrogen (secondary N) is 1. The van der Waals surface area contributed by atoms with E-state index in [-0.39, 0.29) is 17.1 Å². The fourth-order valence-electron chi connectivity index (χ4n) is 4.39. The number of hydrogen-bond donors (Lipinski definition) is 3. The Morgan fingerprint density at radius 1 is 0.889 bits per heavy atom. The molecule has 7 rings (SSSR count). The van der Waals surface area contributed by atoms with Gasteiger partial charge in [0.1, 0.15) is 22.9 Å². The van der Waals surface area contributed by atoms with Gasteiger partial charge in [-0.25, -0.2) is 4.98 Å². The molecule has 3 aromatic heterocycles. The van der Waals surface area contributed by atoms with Gasteiger partial charge in [-0.15, -0.1) is 34.0 Å². The average Bonchev–Trinajstić information content (AvgIpc) is 3.63. The molecule has 6 nitrogen and oxygen atoms in total. The summed E-state index contributed by atoms with van der Waals surface area (Å²) in [5.41, 5.74) is 3.55. The van der Waals surface area contributed by atoms with Crippen molar-refractivity contribution in [3.8, 4) is 39.1 Å². The standard InChI is InChI=1S/C27H17N3O3S3/c31-16-5-1-14(2-6-16)11-18-27(33)30-13-19(15-3-7-17(32)8-4-15)28-23(26(30)29-18)21-12-22-25(36-21)24-20(35-22)9-10-34-24/h1-10,12-13,28,31-32H,11H2. The number of aromatic hydroxyl groups is 2. The maximum atomic E-state index is 13.5. The molecule has 0 aliphatic carbocycles. The third-order valence-corrected chi connectivity index (χ3v) is 9.75. The minimum Gasteiger partial charge on any atom is -0.508 e. The zero-order chi connectivity index (χ0) is 24.4. The normalized spacial score (nSPS) is 11.8. The number of fused-ring (bicyclic) bond motifs is 4. The van der Waals surface area contributed by atoms with Crippen LogP contribution in [-0.2, 0) is 6.42 Å². The van der Waals surface area contributed by atoms with Crippen LogP contribution in [-0.4, -0.2) is 24.7 Å². The highest BCUT2D eigenvalue weighted by atomic mass is 32.1. The highest BCUT2D eigenvalue weighted by Crippen LogP contribution is 2.45. The van der Waals surface area contributed by atoms with Gasteiger partial charge in [-0.3, -0.25) is 9.36 Å². The van der Waals surface area contributed by atoms with Crippen LogP contribution in [0.3, 0.4) is 0 Å². The number of imidazole rings is 1. The lowest BCUT2D eigenvalue weighted by molar-refractivity contribution is 0.474. The molecule has 0 radical (unpaired) electrons. The number of thiophene rings is 3. The van der Waals surface area contributed by atoms with Crippen molar-refractivity contribution in [1.82, 2.24) is 14.5 Å². The Hall–Kier alpha value is -3.92. The zero-order valence-electron chi connectivity index (χ0n) is 18.6. The van der Waals surface area contributed by atoms with Crippen LogP contribution in [0.2, 0.25) is 0 Å². The molecule has 5 heterocycles. The number of hydrogen-bond acceptors (Lipinski definition) is 7. The minimum atomic E-state index is -0.174. The van der Waals surface area contributed by atoms with E-state index in [2.05, 4.69) is 22.5 Å². The number of aromatic nitrogens is 3. The van der Waals surface area contributed by atoms with E-state index in [1.165, 1.54) is 18.8 Å². The first-order valence-electron chi connectivity index (χ1n) is 11.1. The predicted molar refractivity (Wildman–Crippen MR) is 147 cm³/mol. The summed E-state index contributed by atoms with van der Waals surface area (Å²) in [5, 5.41) is 21.5. The van der Waals surface area contributed by atoms with Crippen LogP contribution < -0.4 is 5.56 Å². The molecule has 36 heavy (non-hydrogen) atoms. The molecular weight excluding hydrogens is 511 g/mol. The Balaban J connectivity index is 1.44. The van der Waals surface area contributed by atoms with E-state index in [0.29, 0.717) is 17.9 Å². The van der Waals surface area contributed by atoms with E-state index >= 15 is 0 Å². The summed E-state index contributed by atoms with van der Waals surface area (Å²) in [7, 11) is 0. The van der Waals surface area contributed by atoms with Crippen LogP contribution in [0.5, 0.6) is 11.5 Å². The number of H-pyrrole nitrogens is 1. The summed E-state index contributed by atoms with van der Waals surface area (Å²) in [6, 6.07) is 18.0. The average molecular weight is 528 g/mol. The lowest BCUT2D eigenvalue weighted by Crippen LogP contribution is -2.16. The van der Waals surface area contributed by atoms with Gasteiger partial charge >= 0.3 is 0 Å². The third kappa shape index (κ3) is 3.43. The fraction of sp³-hybridized carbons (Fsp3) is 0.0370. The molecule has 9 heteroatoms. The van der Waals surface area contributed by atoms with E-state index in [1.54, 1.807) is 81.2 Å². The molecule has 2 aliphatic rings. The molecule has 5 aromatic rings. The van der Waals surface area contributed by atoms with Crippen molar-refractivity contribution >= 4 is 52.8 Å². The van der Waals surface area contributed by atoms with Gasteiger partial charge in [-0.1, -0.05) is 12.1 Å². The molecule has 0 atom stereocenters. The number of nitrogens with zero attached hydrogens (tertiary/aromatic N) is 2. The highest BCUT2D eigenvalue weighted by Gasteiger charge is 2.23. The van der Waals surface area contributed by atoms with Crippen molar-refractivity contribution in [3.63, 3.8) is 0 Å². The van der Waals surface area contributed by atoms with E-state index < -0.39 is 0 Å². The summed E-state index contributed by atoms with van der Waals surface area (Å²) in [6.07, 6.45) is 2.14. The molecule has 3 N–H and O–H groups in total. The molecule has 0 spiro atoms. The quantitative estimate of drug-likeness (QED) is 0.234. The fourth-order valence-corrected chi connectivity index (χ4v) is 8.15. The van der Waals surface area contributed by atoms with Crippen molar-refractivity contribution in [2.75, 3.05) is 0 Å². The van der Waals surface area contributed by atoms with Gasteiger partial charge in [-0.2, -0.15) is 0 Å². The third-order valence-electron chi connectivity index (χ3n) is 6.16. The minimum absolute atomic E-state index is 0.174. The molecule has 0 fully saturated rings. The van der Waals surface area contributed by atoms with Gasteiger partial charge in [0, 0.05) is 22.0 Å². The van der Waals surface area contributed by atoms with E-state index in [4.69, 9.17) is 4.98 Å². The van der Waals surface area contributed by atoms with E-state index in [1.807, 2.05) is 12.1 Å². The Morgan fingerprint density at radius 3 is 2.42 bits per heavy atom. The van der Waals surface area contributed by atoms with Crippen molar-refractivity contribution < 1.29 is 10.2 Å². The Bertz CT molecular complexity index is 1900. The van der Waals surface area contributed by atoms with Crippen LogP contribution in [0.4, 0.5) is 0 Å². The largest absolute Gasteiger partial charge is 0.508 e. The van der Waals surface area contributed by atoms with Crippen molar-refractivity contribution in [2.24, 2.45) is 0 Å². The van der Waals surface area contributed by atoms with Gasteiger partial charge in [0.15, 0.2) is 5.82 Å². The van der Waals surface area contributed by atoms with Gasteiger partial charge in [0.05, 0.1) is 20.0 Å². The first kappa shape index (κ1) is 21.4. The van der Waals surface area contributed by atoms with Gasteiger partial charge in [-0.05, 0) is 65.0 Å². The number of phenolic OH excluding ortho intramolecular Hbond substituents is 2. The highest BCUT2D eigenvalue weighted by molar-refractivity contribution is 7.38. The summed E-state index contributed by atoms with van der Waals surface area (Å²) in [6.45, 7) is 0. The lowest BCUT2D eigenvalue weighted by atomic mass is 10.1. The van der Waals surface area contributed by atoms with Crippen LogP contribution in [0, 0.1) is 0 Å². The first-order valence-corrected chi connectivity index (χ1v) is 13.7. The SMILES string of the molecule is O=c1c(Cc2ccc(O)cc2)nc2c(-c3cc4sc5ccsc5c4s3)[nH]c(-c3ccc(O)cc3)cn1-2. The number of phenols is 2. The van der Waals surface area contributed by atoms with Crippen molar-refractivity contribution in [3.05, 3.63) is 93.9 Å². The summed E-state index contributed by atoms with van der Waals surface area (Å²) in [4.78, 5) is 22.8. The second-order valence-corrected chi connectivity index (χ2v) is 11.6. The molecule has 0 amide bonds. The second kappa shape index (κ2) is 8.06. The second-order valence-electron chi connectivity index (χ2n) is 8.51. The van der Waals surface area contributed by atoms with E-state index in [0.717, 1.165) is 27.4 Å². The molecule has 0 saturated carbocycles. The number of aromatic amines is 1. The molecule has 0 bridgehead atoms. The topological polar surface area (TPSA) is 91.1 Å². The van der Waals surface area contributed by atoms with Gasteiger partial charge in [0.2, 0.25) is 0 Å². The Labute approximate surface area is 216 Å². The molecule has 0 saturated heterocycles. The molecule has 176 valence electrons. The molecular formula is C27H17N3O3S3.